The van der Waals surface area contributed by atoms with E-state index in [-0.39, 0.29) is 23.8 Å². The molecule has 1 aliphatic rings. The average molecular weight is 578 g/mol. The molecule has 3 aromatic rings. The van der Waals surface area contributed by atoms with Gasteiger partial charge in [0.05, 0.1) is 17.3 Å². The minimum atomic E-state index is -0.841. The third kappa shape index (κ3) is 5.76. The largest absolute Gasteiger partial charge is 0.497 e. The normalized spacial score (nSPS) is 14.4. The van der Waals surface area contributed by atoms with Crippen molar-refractivity contribution in [3.8, 4) is 11.5 Å². The van der Waals surface area contributed by atoms with Crippen LogP contribution in [0.15, 0.2) is 70.7 Å². The van der Waals surface area contributed by atoms with Crippen molar-refractivity contribution in [3.05, 3.63) is 87.4 Å². The average Bonchev–Trinajstić information content (AvgIpc) is 2.89. The van der Waals surface area contributed by atoms with E-state index in [1.165, 1.54) is 13.2 Å². The second-order valence-corrected chi connectivity index (χ2v) is 9.28. The Kier molecular flexibility index (Phi) is 7.92. The summed E-state index contributed by atoms with van der Waals surface area (Å²) in [6.45, 7) is 3.68. The first-order chi connectivity index (χ1) is 18.2. The molecule has 38 heavy (non-hydrogen) atoms. The molecule has 2 N–H and O–H groups in total. The van der Waals surface area contributed by atoms with Crippen molar-refractivity contribution in [1.82, 2.24) is 5.32 Å². The van der Waals surface area contributed by atoms with E-state index in [0.717, 1.165) is 21.7 Å². The number of urea groups is 1. The van der Waals surface area contributed by atoms with E-state index >= 15 is 0 Å². The van der Waals surface area contributed by atoms with Gasteiger partial charge in [0.25, 0.3) is 17.7 Å². The molecule has 1 heterocycles. The van der Waals surface area contributed by atoms with Crippen LogP contribution in [0.5, 0.6) is 11.5 Å². The number of anilines is 2. The fourth-order valence-electron chi connectivity index (χ4n) is 3.73. The maximum Gasteiger partial charge on any atom is 0.335 e. The van der Waals surface area contributed by atoms with Gasteiger partial charge in [-0.25, -0.2) is 9.69 Å². The van der Waals surface area contributed by atoms with Gasteiger partial charge in [-0.1, -0.05) is 18.2 Å². The SMILES string of the molecule is COc1ccc(N2C(=O)NC(=O)/C(=C\c3ccc(OCC(=O)Nc4cccc(C)c4C)c(Br)c3)C2=O)cc1. The molecular weight excluding hydrogens is 554 g/mol. The number of amides is 5. The molecule has 0 saturated carbocycles. The van der Waals surface area contributed by atoms with Gasteiger partial charge in [-0.3, -0.25) is 19.7 Å². The highest BCUT2D eigenvalue weighted by molar-refractivity contribution is 9.10. The molecule has 0 spiro atoms. The molecule has 1 saturated heterocycles. The van der Waals surface area contributed by atoms with Gasteiger partial charge in [-0.05, 0) is 95.0 Å². The summed E-state index contributed by atoms with van der Waals surface area (Å²) >= 11 is 3.40. The number of ether oxygens (including phenoxy) is 2. The van der Waals surface area contributed by atoms with Crippen LogP contribution in [0.3, 0.4) is 0 Å². The highest BCUT2D eigenvalue weighted by atomic mass is 79.9. The highest BCUT2D eigenvalue weighted by Crippen LogP contribution is 2.29. The Labute approximate surface area is 227 Å². The van der Waals surface area contributed by atoms with Crippen LogP contribution >= 0.6 is 15.9 Å². The van der Waals surface area contributed by atoms with E-state index in [2.05, 4.69) is 26.6 Å². The highest BCUT2D eigenvalue weighted by Gasteiger charge is 2.36. The Balaban J connectivity index is 1.47. The summed E-state index contributed by atoms with van der Waals surface area (Å²) in [4.78, 5) is 51.2. The number of hydrogen-bond donors (Lipinski definition) is 2. The monoisotopic (exact) mass is 577 g/mol. The lowest BCUT2D eigenvalue weighted by atomic mass is 10.1. The molecule has 5 amide bonds. The molecule has 194 valence electrons. The van der Waals surface area contributed by atoms with Gasteiger partial charge in [0.15, 0.2) is 6.61 Å². The minimum Gasteiger partial charge on any atom is -0.497 e. The Hall–Kier alpha value is -4.44. The lowest BCUT2D eigenvalue weighted by Crippen LogP contribution is -2.54. The van der Waals surface area contributed by atoms with Crippen molar-refractivity contribution in [2.75, 3.05) is 23.9 Å². The van der Waals surface area contributed by atoms with Gasteiger partial charge in [0, 0.05) is 5.69 Å². The van der Waals surface area contributed by atoms with Crippen molar-refractivity contribution in [3.63, 3.8) is 0 Å². The standard InChI is InChI=1S/C28H24BrN3O6/c1-16-5-4-6-23(17(16)2)30-25(33)15-38-24-12-7-18(14-22(24)29)13-21-26(34)31-28(36)32(27(21)35)19-8-10-20(37-3)11-9-19/h4-14H,15H2,1-3H3,(H,30,33)(H,31,34,36)/b21-13+. The number of halogens is 1. The van der Waals surface area contributed by atoms with Gasteiger partial charge in [0.2, 0.25) is 0 Å². The summed E-state index contributed by atoms with van der Waals surface area (Å²) < 4.78 is 11.3. The van der Waals surface area contributed by atoms with Gasteiger partial charge < -0.3 is 14.8 Å². The van der Waals surface area contributed by atoms with Crippen LogP contribution in [0.25, 0.3) is 6.08 Å². The number of carbonyl (C=O) groups is 4. The number of nitrogens with one attached hydrogen (secondary N) is 2. The van der Waals surface area contributed by atoms with Gasteiger partial charge in [-0.2, -0.15) is 0 Å². The van der Waals surface area contributed by atoms with Gasteiger partial charge in [0.1, 0.15) is 17.1 Å². The predicted molar refractivity (Wildman–Crippen MR) is 146 cm³/mol. The lowest BCUT2D eigenvalue weighted by molar-refractivity contribution is -0.122. The van der Waals surface area contributed by atoms with Gasteiger partial charge >= 0.3 is 6.03 Å². The van der Waals surface area contributed by atoms with Crippen LogP contribution in [0.2, 0.25) is 0 Å². The van der Waals surface area contributed by atoms with E-state index in [4.69, 9.17) is 9.47 Å². The fourth-order valence-corrected chi connectivity index (χ4v) is 4.24. The molecule has 0 aliphatic carbocycles. The predicted octanol–water partition coefficient (Wildman–Crippen LogP) is 4.76. The molecule has 9 nitrogen and oxygen atoms in total. The van der Waals surface area contributed by atoms with E-state index < -0.39 is 17.8 Å². The summed E-state index contributed by atoms with van der Waals surface area (Å²) in [5.74, 6) is -0.921. The van der Waals surface area contributed by atoms with Crippen molar-refractivity contribution in [2.24, 2.45) is 0 Å². The third-order valence-corrected chi connectivity index (χ3v) is 6.56. The second kappa shape index (κ2) is 11.3. The summed E-state index contributed by atoms with van der Waals surface area (Å²) in [6, 6.07) is 16.0. The maximum atomic E-state index is 13.1. The molecule has 0 bridgehead atoms. The molecule has 1 aliphatic heterocycles. The van der Waals surface area contributed by atoms with E-state index in [9.17, 15) is 19.2 Å². The molecule has 0 aromatic heterocycles. The van der Waals surface area contributed by atoms with Crippen LogP contribution in [-0.4, -0.2) is 37.5 Å². The Bertz CT molecular complexity index is 1470. The summed E-state index contributed by atoms with van der Waals surface area (Å²) in [7, 11) is 1.50. The number of benzene rings is 3. The Morgan fingerprint density at radius 1 is 1.05 bits per heavy atom. The topological polar surface area (TPSA) is 114 Å². The number of hydrogen-bond acceptors (Lipinski definition) is 6. The quantitative estimate of drug-likeness (QED) is 0.309. The van der Waals surface area contributed by atoms with Crippen molar-refractivity contribution in [1.29, 1.82) is 0 Å². The van der Waals surface area contributed by atoms with Gasteiger partial charge in [-0.15, -0.1) is 0 Å². The zero-order valence-electron chi connectivity index (χ0n) is 20.8. The number of nitrogens with zero attached hydrogens (tertiary/aromatic N) is 1. The number of barbiturate groups is 1. The van der Waals surface area contributed by atoms with Crippen LogP contribution < -0.4 is 25.0 Å². The molecule has 4 rings (SSSR count). The molecule has 0 radical (unpaired) electrons. The van der Waals surface area contributed by atoms with Crippen LogP contribution in [0.4, 0.5) is 16.2 Å². The molecule has 0 unspecified atom stereocenters. The van der Waals surface area contributed by atoms with Crippen LogP contribution in [0, 0.1) is 13.8 Å². The molecule has 10 heteroatoms. The first-order valence-corrected chi connectivity index (χ1v) is 12.3. The first kappa shape index (κ1) is 26.6. The molecule has 3 aromatic carbocycles. The fraction of sp³-hybridized carbons (Fsp3) is 0.143. The number of carbonyl (C=O) groups excluding carboxylic acids is 4. The third-order valence-electron chi connectivity index (χ3n) is 5.94. The van der Waals surface area contributed by atoms with Crippen molar-refractivity contribution in [2.45, 2.75) is 13.8 Å². The summed E-state index contributed by atoms with van der Waals surface area (Å²) in [6.07, 6.45) is 1.38. The van der Waals surface area contributed by atoms with Crippen LogP contribution in [0.1, 0.15) is 16.7 Å². The molecule has 0 atom stereocenters. The van der Waals surface area contributed by atoms with Crippen molar-refractivity contribution >= 4 is 57.1 Å². The number of methoxy groups -OCH3 is 1. The second-order valence-electron chi connectivity index (χ2n) is 8.43. The molecule has 1 fully saturated rings. The van der Waals surface area contributed by atoms with Crippen molar-refractivity contribution < 1.29 is 28.7 Å². The Morgan fingerprint density at radius 3 is 2.47 bits per heavy atom. The number of aryl methyl sites for hydroxylation is 1. The number of rotatable bonds is 7. The maximum absolute atomic E-state index is 13.1. The summed E-state index contributed by atoms with van der Waals surface area (Å²) in [5, 5.41) is 5.02. The zero-order valence-corrected chi connectivity index (χ0v) is 22.4. The van der Waals surface area contributed by atoms with E-state index in [1.54, 1.807) is 42.5 Å². The zero-order chi connectivity index (χ0) is 27.4. The first-order valence-electron chi connectivity index (χ1n) is 11.5. The molecular formula is C28H24BrN3O6. The minimum absolute atomic E-state index is 0.214. The van der Waals surface area contributed by atoms with E-state index in [1.807, 2.05) is 32.0 Å². The Morgan fingerprint density at radius 2 is 1.79 bits per heavy atom. The smallest absolute Gasteiger partial charge is 0.335 e. The van der Waals surface area contributed by atoms with E-state index in [0.29, 0.717) is 21.5 Å². The lowest BCUT2D eigenvalue weighted by Gasteiger charge is -2.26. The number of imide groups is 2. The summed E-state index contributed by atoms with van der Waals surface area (Å²) in [5.41, 5.74) is 3.35. The van der Waals surface area contributed by atoms with Crippen LogP contribution in [-0.2, 0) is 14.4 Å².